The van der Waals surface area contributed by atoms with Crippen LogP contribution in [0.15, 0.2) is 12.4 Å². The molecule has 1 fully saturated rings. The highest BCUT2D eigenvalue weighted by atomic mass is 15.2. The number of nitrogens with two attached hydrogens (primary N) is 1. The molecule has 0 aliphatic carbocycles. The summed E-state index contributed by atoms with van der Waals surface area (Å²) < 4.78 is 0. The molecule has 0 unspecified atom stereocenters. The minimum Gasteiger partial charge on any atom is -0.386 e. The average Bonchev–Trinajstić information content (AvgIpc) is 2.15. The third-order valence-corrected chi connectivity index (χ3v) is 3.41. The van der Waals surface area contributed by atoms with Gasteiger partial charge in [0.1, 0.15) is 0 Å². The lowest BCUT2D eigenvalue weighted by Gasteiger charge is -2.43. The van der Waals surface area contributed by atoms with Crippen molar-refractivity contribution in [2.75, 3.05) is 20.1 Å². The molecule has 0 aromatic rings. The normalized spacial score (nSPS) is 20.3. The van der Waals surface area contributed by atoms with Gasteiger partial charge >= 0.3 is 0 Å². The van der Waals surface area contributed by atoms with E-state index in [1.807, 2.05) is 7.05 Å². The zero-order valence-corrected chi connectivity index (χ0v) is 10.6. The molecule has 3 heteroatoms. The van der Waals surface area contributed by atoms with Crippen LogP contribution in [0.2, 0.25) is 0 Å². The van der Waals surface area contributed by atoms with Gasteiger partial charge in [-0.3, -0.25) is 4.90 Å². The van der Waals surface area contributed by atoms with Gasteiger partial charge in [-0.25, -0.2) is 0 Å². The Bertz CT molecular complexity index is 222. The molecule has 1 rings (SSSR count). The highest BCUT2D eigenvalue weighted by Crippen LogP contribution is 2.22. The summed E-state index contributed by atoms with van der Waals surface area (Å²) >= 11 is 0. The molecule has 1 aliphatic rings. The lowest BCUT2D eigenvalue weighted by Crippen LogP contribution is -2.50. The Morgan fingerprint density at radius 2 is 1.80 bits per heavy atom. The molecule has 0 amide bonds. The molecule has 88 valence electrons. The lowest BCUT2D eigenvalue weighted by atomic mass is 9.97. The topological polar surface area (TPSA) is 32.5 Å². The van der Waals surface area contributed by atoms with Crippen LogP contribution in [0.25, 0.3) is 0 Å². The molecule has 15 heavy (non-hydrogen) atoms. The molecule has 1 aliphatic heterocycles. The molecular formula is C12H25N3. The van der Waals surface area contributed by atoms with Gasteiger partial charge in [0.05, 0.1) is 5.82 Å². The van der Waals surface area contributed by atoms with Gasteiger partial charge in [0.25, 0.3) is 0 Å². The van der Waals surface area contributed by atoms with Crippen molar-refractivity contribution < 1.29 is 0 Å². The van der Waals surface area contributed by atoms with Crippen LogP contribution in [-0.2, 0) is 0 Å². The summed E-state index contributed by atoms with van der Waals surface area (Å²) in [7, 11) is 2.04. The maximum absolute atomic E-state index is 5.71. The van der Waals surface area contributed by atoms with Crippen molar-refractivity contribution in [3.05, 3.63) is 12.4 Å². The first kappa shape index (κ1) is 12.4. The summed E-state index contributed by atoms with van der Waals surface area (Å²) in [6.07, 6.45) is 2.37. The number of nitrogens with zero attached hydrogens (tertiary/aromatic N) is 2. The Labute approximate surface area is 93.9 Å². The van der Waals surface area contributed by atoms with Crippen LogP contribution in [0.1, 0.15) is 33.6 Å². The Kier molecular flexibility index (Phi) is 3.66. The molecular weight excluding hydrogens is 186 g/mol. The molecule has 2 N–H and O–H groups in total. The van der Waals surface area contributed by atoms with E-state index in [1.165, 1.54) is 12.8 Å². The Hall–Kier alpha value is -0.700. The standard InChI is InChI=1S/C12H25N3/c1-10(13)14(5)11-6-8-15(9-7-11)12(2,3)4/h11H,1,6-9,13H2,2-5H3. The monoisotopic (exact) mass is 211 g/mol. The maximum atomic E-state index is 5.71. The van der Waals surface area contributed by atoms with Gasteiger partial charge in [-0.1, -0.05) is 6.58 Å². The second kappa shape index (κ2) is 4.44. The first-order valence-electron chi connectivity index (χ1n) is 5.74. The molecule has 0 aromatic heterocycles. The van der Waals surface area contributed by atoms with Crippen LogP contribution in [0.4, 0.5) is 0 Å². The molecule has 0 radical (unpaired) electrons. The van der Waals surface area contributed by atoms with Crippen LogP contribution in [0.5, 0.6) is 0 Å². The van der Waals surface area contributed by atoms with Crippen LogP contribution in [0.3, 0.4) is 0 Å². The van der Waals surface area contributed by atoms with E-state index < -0.39 is 0 Å². The zero-order valence-electron chi connectivity index (χ0n) is 10.6. The van der Waals surface area contributed by atoms with Crippen molar-refractivity contribution in [3.8, 4) is 0 Å². The van der Waals surface area contributed by atoms with Gasteiger partial charge < -0.3 is 10.6 Å². The van der Waals surface area contributed by atoms with Crippen molar-refractivity contribution >= 4 is 0 Å². The quantitative estimate of drug-likeness (QED) is 0.753. The second-order valence-corrected chi connectivity index (χ2v) is 5.49. The van der Waals surface area contributed by atoms with Gasteiger partial charge in [0.15, 0.2) is 0 Å². The summed E-state index contributed by atoms with van der Waals surface area (Å²) in [5, 5.41) is 0. The molecule has 0 spiro atoms. The van der Waals surface area contributed by atoms with Crippen LogP contribution in [-0.4, -0.2) is 41.5 Å². The third-order valence-electron chi connectivity index (χ3n) is 3.41. The van der Waals surface area contributed by atoms with Gasteiger partial charge in [0, 0.05) is 31.7 Å². The van der Waals surface area contributed by atoms with E-state index >= 15 is 0 Å². The van der Waals surface area contributed by atoms with Gasteiger partial charge in [0.2, 0.25) is 0 Å². The summed E-state index contributed by atoms with van der Waals surface area (Å²) in [6.45, 7) is 12.9. The number of likely N-dealkylation sites (tertiary alicyclic amines) is 1. The Morgan fingerprint density at radius 1 is 1.33 bits per heavy atom. The van der Waals surface area contributed by atoms with E-state index in [1.54, 1.807) is 0 Å². The van der Waals surface area contributed by atoms with Crippen molar-refractivity contribution in [2.45, 2.75) is 45.2 Å². The van der Waals surface area contributed by atoms with E-state index in [2.05, 4.69) is 37.1 Å². The Balaban J connectivity index is 2.46. The predicted octanol–water partition coefficient (Wildman–Crippen LogP) is 1.61. The van der Waals surface area contributed by atoms with Crippen LogP contribution in [0, 0.1) is 0 Å². The fourth-order valence-electron chi connectivity index (χ4n) is 2.16. The lowest BCUT2D eigenvalue weighted by molar-refractivity contribution is 0.0745. The number of piperidine rings is 1. The first-order chi connectivity index (χ1) is 6.82. The second-order valence-electron chi connectivity index (χ2n) is 5.49. The molecule has 1 heterocycles. The fraction of sp³-hybridized carbons (Fsp3) is 0.833. The smallest absolute Gasteiger partial charge is 0.0912 e. The van der Waals surface area contributed by atoms with E-state index in [0.29, 0.717) is 17.4 Å². The predicted molar refractivity (Wildman–Crippen MR) is 65.4 cm³/mol. The number of hydrogen-bond acceptors (Lipinski definition) is 3. The van der Waals surface area contributed by atoms with Gasteiger partial charge in [-0.2, -0.15) is 0 Å². The van der Waals surface area contributed by atoms with Crippen molar-refractivity contribution in [1.82, 2.24) is 9.80 Å². The first-order valence-corrected chi connectivity index (χ1v) is 5.74. The van der Waals surface area contributed by atoms with E-state index in [4.69, 9.17) is 5.73 Å². The summed E-state index contributed by atoms with van der Waals surface area (Å²) in [6, 6.07) is 0.570. The van der Waals surface area contributed by atoms with E-state index in [9.17, 15) is 0 Å². The van der Waals surface area contributed by atoms with Crippen molar-refractivity contribution in [2.24, 2.45) is 5.73 Å². The molecule has 3 nitrogen and oxygen atoms in total. The molecule has 1 saturated heterocycles. The van der Waals surface area contributed by atoms with Crippen LogP contribution >= 0.6 is 0 Å². The van der Waals surface area contributed by atoms with Crippen molar-refractivity contribution in [3.63, 3.8) is 0 Å². The Morgan fingerprint density at radius 3 is 2.13 bits per heavy atom. The SMILES string of the molecule is C=C(N)N(C)C1CCN(C(C)(C)C)CC1. The summed E-state index contributed by atoms with van der Waals surface area (Å²) in [5.41, 5.74) is 6.00. The summed E-state index contributed by atoms with van der Waals surface area (Å²) in [4.78, 5) is 4.65. The van der Waals surface area contributed by atoms with Gasteiger partial charge in [-0.05, 0) is 33.6 Å². The molecule has 0 atom stereocenters. The fourth-order valence-corrected chi connectivity index (χ4v) is 2.16. The average molecular weight is 211 g/mol. The maximum Gasteiger partial charge on any atom is 0.0912 e. The number of rotatable bonds is 2. The summed E-state index contributed by atoms with van der Waals surface area (Å²) in [5.74, 6) is 0.684. The zero-order chi connectivity index (χ0) is 11.6. The van der Waals surface area contributed by atoms with Crippen molar-refractivity contribution in [1.29, 1.82) is 0 Å². The third kappa shape index (κ3) is 3.13. The van der Waals surface area contributed by atoms with Gasteiger partial charge in [-0.15, -0.1) is 0 Å². The largest absolute Gasteiger partial charge is 0.386 e. The minimum absolute atomic E-state index is 0.295. The molecule has 0 aromatic carbocycles. The van der Waals surface area contributed by atoms with Crippen LogP contribution < -0.4 is 5.73 Å². The highest BCUT2D eigenvalue weighted by molar-refractivity contribution is 4.92. The van der Waals surface area contributed by atoms with E-state index in [0.717, 1.165) is 13.1 Å². The minimum atomic E-state index is 0.295. The molecule has 0 bridgehead atoms. The van der Waals surface area contributed by atoms with E-state index in [-0.39, 0.29) is 0 Å². The highest BCUT2D eigenvalue weighted by Gasteiger charge is 2.28. The number of hydrogen-bond donors (Lipinski definition) is 1. The molecule has 0 saturated carbocycles.